The molecule has 0 aliphatic heterocycles. The van der Waals surface area contributed by atoms with Gasteiger partial charge >= 0.3 is 0 Å². The van der Waals surface area contributed by atoms with E-state index < -0.39 is 0 Å². The molecule has 4 heavy (non-hydrogen) atoms. The SMILES string of the molecule is CO[SiH3].[Ti]. The van der Waals surface area contributed by atoms with Crippen LogP contribution in [-0.2, 0) is 26.1 Å². The van der Waals surface area contributed by atoms with E-state index in [1.807, 2.05) is 0 Å². The summed E-state index contributed by atoms with van der Waals surface area (Å²) in [6.45, 7) is 0. The van der Waals surface area contributed by atoms with Gasteiger partial charge in [0.2, 0.25) is 0 Å². The molecule has 3 heteroatoms. The maximum atomic E-state index is 4.39. The molecule has 0 saturated carbocycles. The summed E-state index contributed by atoms with van der Waals surface area (Å²) in [4.78, 5) is 0. The first-order chi connectivity index (χ1) is 1.41. The van der Waals surface area contributed by atoms with Crippen molar-refractivity contribution in [3.05, 3.63) is 0 Å². The molecule has 0 N–H and O–H groups in total. The number of rotatable bonds is 0. The minimum absolute atomic E-state index is 0. The van der Waals surface area contributed by atoms with Gasteiger partial charge in [-0.25, -0.2) is 0 Å². The van der Waals surface area contributed by atoms with E-state index in [4.69, 9.17) is 0 Å². The molecule has 0 radical (unpaired) electrons. The molecule has 0 bridgehead atoms. The summed E-state index contributed by atoms with van der Waals surface area (Å²) >= 11 is 0. The summed E-state index contributed by atoms with van der Waals surface area (Å²) in [5, 5.41) is 0. The Balaban J connectivity index is 0. The maximum absolute atomic E-state index is 4.39. The maximum Gasteiger partial charge on any atom is 0.145 e. The second kappa shape index (κ2) is 9.09. The molecule has 0 saturated heterocycles. The van der Waals surface area contributed by atoms with Crippen molar-refractivity contribution in [2.75, 3.05) is 7.11 Å². The molecule has 0 spiro atoms. The third-order valence-corrected chi connectivity index (χ3v) is 0. The molecular formula is CH6OSiTi. The van der Waals surface area contributed by atoms with Crippen molar-refractivity contribution >= 4 is 10.5 Å². The van der Waals surface area contributed by atoms with Crippen LogP contribution in [0.4, 0.5) is 0 Å². The number of hydrogen-bond acceptors (Lipinski definition) is 1. The third kappa shape index (κ3) is 13.0. The Hall–Kier alpha value is 0.891. The fourth-order valence-electron chi connectivity index (χ4n) is 0. The zero-order valence-corrected chi connectivity index (χ0v) is 6.47. The molecular weight excluding hydrogens is 104 g/mol. The summed E-state index contributed by atoms with van der Waals surface area (Å²) in [5.74, 6) is 0. The van der Waals surface area contributed by atoms with Crippen LogP contribution in [0, 0.1) is 0 Å². The molecule has 0 rings (SSSR count). The Bertz CT molecular complexity index is 8.00. The second-order valence-electron chi connectivity index (χ2n) is 0.408. The van der Waals surface area contributed by atoms with E-state index in [9.17, 15) is 0 Å². The Labute approximate surface area is 44.2 Å². The van der Waals surface area contributed by atoms with Gasteiger partial charge in [0.1, 0.15) is 10.5 Å². The van der Waals surface area contributed by atoms with Crippen molar-refractivity contribution in [2.45, 2.75) is 0 Å². The Morgan fingerprint density at radius 3 is 1.75 bits per heavy atom. The summed E-state index contributed by atoms with van der Waals surface area (Å²) in [7, 11) is 2.56. The van der Waals surface area contributed by atoms with Crippen LogP contribution in [0.3, 0.4) is 0 Å². The molecule has 0 amide bonds. The Kier molecular flexibility index (Phi) is 20.1. The van der Waals surface area contributed by atoms with Gasteiger partial charge in [-0.05, 0) is 0 Å². The fourth-order valence-corrected chi connectivity index (χ4v) is 0. The van der Waals surface area contributed by atoms with Crippen molar-refractivity contribution in [1.29, 1.82) is 0 Å². The molecule has 24 valence electrons. The quantitative estimate of drug-likeness (QED) is 0.360. The first kappa shape index (κ1) is 8.86. The van der Waals surface area contributed by atoms with Gasteiger partial charge in [-0.2, -0.15) is 0 Å². The van der Waals surface area contributed by atoms with Gasteiger partial charge in [0, 0.05) is 28.8 Å². The van der Waals surface area contributed by atoms with E-state index in [-0.39, 0.29) is 21.7 Å². The van der Waals surface area contributed by atoms with Gasteiger partial charge in [0.15, 0.2) is 0 Å². The zero-order chi connectivity index (χ0) is 2.71. The molecule has 0 aliphatic rings. The predicted octanol–water partition coefficient (Wildman–Crippen LogP) is -1.09. The van der Waals surface area contributed by atoms with Gasteiger partial charge in [-0.3, -0.25) is 0 Å². The Morgan fingerprint density at radius 2 is 1.75 bits per heavy atom. The Morgan fingerprint density at radius 1 is 1.75 bits per heavy atom. The molecule has 0 aliphatic carbocycles. The average molecular weight is 110 g/mol. The topological polar surface area (TPSA) is 9.23 Å². The number of hydrogen-bond donors (Lipinski definition) is 0. The summed E-state index contributed by atoms with van der Waals surface area (Å²) in [6, 6.07) is 0. The van der Waals surface area contributed by atoms with Crippen LogP contribution in [0.5, 0.6) is 0 Å². The minimum Gasteiger partial charge on any atom is -0.431 e. The van der Waals surface area contributed by atoms with Crippen LogP contribution in [0.15, 0.2) is 0 Å². The summed E-state index contributed by atoms with van der Waals surface area (Å²) in [6.07, 6.45) is 0. The molecule has 0 aromatic rings. The van der Waals surface area contributed by atoms with Crippen molar-refractivity contribution in [3.8, 4) is 0 Å². The van der Waals surface area contributed by atoms with E-state index in [1.165, 1.54) is 0 Å². The zero-order valence-electron chi connectivity index (χ0n) is 2.91. The monoisotopic (exact) mass is 110 g/mol. The first-order valence-corrected chi connectivity index (χ1v) is 1.63. The molecule has 0 heterocycles. The van der Waals surface area contributed by atoms with Crippen LogP contribution in [0.2, 0.25) is 0 Å². The fraction of sp³-hybridized carbons (Fsp3) is 1.00. The van der Waals surface area contributed by atoms with E-state index in [0.29, 0.717) is 0 Å². The standard InChI is InChI=1S/CH6OSi.Ti/c1-2-3;/h1,3H3;. The molecule has 0 aromatic carbocycles. The van der Waals surface area contributed by atoms with Crippen LogP contribution in [0.25, 0.3) is 0 Å². The average Bonchev–Trinajstić information content (AvgIpc) is 0.918. The second-order valence-corrected chi connectivity index (χ2v) is 1.22. The first-order valence-electron chi connectivity index (χ1n) is 0.816. The van der Waals surface area contributed by atoms with Gasteiger partial charge in [0.25, 0.3) is 0 Å². The third-order valence-electron chi connectivity index (χ3n) is 0. The van der Waals surface area contributed by atoms with Gasteiger partial charge in [-0.1, -0.05) is 0 Å². The van der Waals surface area contributed by atoms with Crippen LogP contribution < -0.4 is 0 Å². The molecule has 0 unspecified atom stereocenters. The minimum atomic E-state index is 0. The molecule has 0 atom stereocenters. The van der Waals surface area contributed by atoms with E-state index in [2.05, 4.69) is 4.43 Å². The molecule has 0 aromatic heterocycles. The largest absolute Gasteiger partial charge is 0.431 e. The van der Waals surface area contributed by atoms with Crippen molar-refractivity contribution < 1.29 is 26.1 Å². The van der Waals surface area contributed by atoms with Gasteiger partial charge < -0.3 is 4.43 Å². The molecule has 1 nitrogen and oxygen atoms in total. The van der Waals surface area contributed by atoms with E-state index >= 15 is 0 Å². The molecule has 0 fully saturated rings. The van der Waals surface area contributed by atoms with Gasteiger partial charge in [-0.15, -0.1) is 0 Å². The van der Waals surface area contributed by atoms with Crippen molar-refractivity contribution in [2.24, 2.45) is 0 Å². The van der Waals surface area contributed by atoms with Crippen molar-refractivity contribution in [1.82, 2.24) is 0 Å². The van der Waals surface area contributed by atoms with Crippen molar-refractivity contribution in [3.63, 3.8) is 0 Å². The van der Waals surface area contributed by atoms with E-state index in [0.717, 1.165) is 10.5 Å². The van der Waals surface area contributed by atoms with Crippen LogP contribution >= 0.6 is 0 Å². The van der Waals surface area contributed by atoms with Crippen LogP contribution in [-0.4, -0.2) is 17.6 Å². The summed E-state index contributed by atoms with van der Waals surface area (Å²) < 4.78 is 4.39. The van der Waals surface area contributed by atoms with E-state index in [1.54, 1.807) is 7.11 Å². The normalized spacial score (nSPS) is 5.25. The van der Waals surface area contributed by atoms with Crippen LogP contribution in [0.1, 0.15) is 0 Å². The predicted molar refractivity (Wildman–Crippen MR) is 16.9 cm³/mol. The summed E-state index contributed by atoms with van der Waals surface area (Å²) in [5.41, 5.74) is 0. The van der Waals surface area contributed by atoms with Gasteiger partial charge in [0.05, 0.1) is 0 Å². The smallest absolute Gasteiger partial charge is 0.145 e.